The number of nitrogens with zero attached hydrogens (tertiary/aromatic N) is 2. The van der Waals surface area contributed by atoms with Crippen molar-refractivity contribution in [2.45, 2.75) is 52.1 Å². The minimum Gasteiger partial charge on any atom is -0.494 e. The minimum absolute atomic E-state index is 0.0885. The van der Waals surface area contributed by atoms with Crippen LogP contribution in [0.3, 0.4) is 0 Å². The van der Waals surface area contributed by atoms with Gasteiger partial charge in [-0.3, -0.25) is 14.2 Å². The summed E-state index contributed by atoms with van der Waals surface area (Å²) >= 11 is 6.23. The average Bonchev–Trinajstić information content (AvgIpc) is 3.31. The second-order valence-corrected chi connectivity index (χ2v) is 10.7. The van der Waals surface area contributed by atoms with Crippen molar-refractivity contribution in [2.24, 2.45) is 0 Å². The molecule has 1 N–H and O–H groups in total. The Morgan fingerprint density at radius 2 is 1.86 bits per heavy atom. The van der Waals surface area contributed by atoms with Gasteiger partial charge in [0.05, 0.1) is 17.7 Å². The molecular formula is C28H34ClN3O3. The molecule has 2 aromatic carbocycles. The normalized spacial score (nSPS) is 14.4. The van der Waals surface area contributed by atoms with Gasteiger partial charge in [-0.25, -0.2) is 0 Å². The number of halogens is 1. The highest BCUT2D eigenvalue weighted by Crippen LogP contribution is 2.27. The second-order valence-electron chi connectivity index (χ2n) is 10.2. The van der Waals surface area contributed by atoms with E-state index in [-0.39, 0.29) is 18.0 Å². The van der Waals surface area contributed by atoms with Crippen molar-refractivity contribution in [1.29, 1.82) is 0 Å². The van der Waals surface area contributed by atoms with Crippen LogP contribution in [-0.4, -0.2) is 47.2 Å². The molecule has 35 heavy (non-hydrogen) atoms. The third kappa shape index (κ3) is 6.65. The van der Waals surface area contributed by atoms with Crippen molar-refractivity contribution >= 4 is 28.3 Å². The number of amides is 1. The van der Waals surface area contributed by atoms with Crippen LogP contribution in [0.15, 0.2) is 53.3 Å². The molecule has 0 spiro atoms. The first kappa shape index (κ1) is 25.3. The fourth-order valence-corrected chi connectivity index (χ4v) is 4.74. The number of fused-ring (bicyclic) bond motifs is 1. The molecule has 1 saturated heterocycles. The molecule has 2 heterocycles. The lowest BCUT2D eigenvalue weighted by Gasteiger charge is -2.22. The molecule has 3 aromatic rings. The number of rotatable bonds is 8. The summed E-state index contributed by atoms with van der Waals surface area (Å²) in [6.45, 7) is 9.64. The Labute approximate surface area is 211 Å². The molecule has 0 bridgehead atoms. The highest BCUT2D eigenvalue weighted by atomic mass is 35.5. The molecule has 0 atom stereocenters. The third-order valence-corrected chi connectivity index (χ3v) is 6.34. The zero-order chi connectivity index (χ0) is 25.0. The van der Waals surface area contributed by atoms with E-state index in [4.69, 9.17) is 16.3 Å². The van der Waals surface area contributed by atoms with Gasteiger partial charge < -0.3 is 15.0 Å². The molecule has 1 aliphatic rings. The van der Waals surface area contributed by atoms with Crippen LogP contribution in [0, 0.1) is 0 Å². The molecule has 186 valence electrons. The lowest BCUT2D eigenvalue weighted by Crippen LogP contribution is -2.43. The Kier molecular flexibility index (Phi) is 7.82. The number of benzene rings is 2. The zero-order valence-corrected chi connectivity index (χ0v) is 21.5. The Bertz CT molecular complexity index is 1260. The molecule has 1 fully saturated rings. The number of aromatic nitrogens is 1. The Morgan fingerprint density at radius 3 is 2.57 bits per heavy atom. The summed E-state index contributed by atoms with van der Waals surface area (Å²) in [7, 11) is 0. The van der Waals surface area contributed by atoms with Gasteiger partial charge in [0.25, 0.3) is 5.56 Å². The van der Waals surface area contributed by atoms with Crippen molar-refractivity contribution in [3.63, 3.8) is 0 Å². The van der Waals surface area contributed by atoms with E-state index >= 15 is 0 Å². The summed E-state index contributed by atoms with van der Waals surface area (Å²) < 4.78 is 7.49. The Balaban J connectivity index is 1.64. The van der Waals surface area contributed by atoms with Crippen LogP contribution >= 0.6 is 11.6 Å². The van der Waals surface area contributed by atoms with Crippen LogP contribution in [0.4, 0.5) is 0 Å². The largest absolute Gasteiger partial charge is 0.494 e. The van der Waals surface area contributed by atoms with E-state index in [0.717, 1.165) is 23.9 Å². The van der Waals surface area contributed by atoms with E-state index in [0.29, 0.717) is 28.5 Å². The Morgan fingerprint density at radius 1 is 1.09 bits per heavy atom. The first-order chi connectivity index (χ1) is 16.7. The first-order valence-electron chi connectivity index (χ1n) is 12.3. The van der Waals surface area contributed by atoms with Gasteiger partial charge in [0, 0.05) is 17.1 Å². The maximum Gasteiger partial charge on any atom is 0.259 e. The van der Waals surface area contributed by atoms with Gasteiger partial charge in [0.2, 0.25) is 5.91 Å². The summed E-state index contributed by atoms with van der Waals surface area (Å²) in [5.41, 5.74) is 0.795. The van der Waals surface area contributed by atoms with Gasteiger partial charge in [0.15, 0.2) is 0 Å². The number of nitrogens with one attached hydrogen (secondary N) is 1. The predicted molar refractivity (Wildman–Crippen MR) is 142 cm³/mol. The lowest BCUT2D eigenvalue weighted by atomic mass is 10.1. The predicted octanol–water partition coefficient (Wildman–Crippen LogP) is 5.10. The second kappa shape index (κ2) is 10.8. The molecule has 1 amide bonds. The first-order valence-corrected chi connectivity index (χ1v) is 12.7. The number of carbonyl (C=O) groups excluding carboxylic acids is 1. The number of hydrogen-bond donors (Lipinski definition) is 1. The van der Waals surface area contributed by atoms with Crippen molar-refractivity contribution in [2.75, 3.05) is 26.2 Å². The van der Waals surface area contributed by atoms with E-state index in [2.05, 4.69) is 10.2 Å². The average molecular weight is 496 g/mol. The van der Waals surface area contributed by atoms with Gasteiger partial charge in [-0.15, -0.1) is 0 Å². The van der Waals surface area contributed by atoms with Crippen LogP contribution in [-0.2, 0) is 11.3 Å². The van der Waals surface area contributed by atoms with E-state index in [1.807, 2.05) is 51.1 Å². The fourth-order valence-electron chi connectivity index (χ4n) is 4.55. The van der Waals surface area contributed by atoms with Crippen LogP contribution in [0.1, 0.15) is 40.0 Å². The Hall–Kier alpha value is -2.83. The van der Waals surface area contributed by atoms with Crippen molar-refractivity contribution in [1.82, 2.24) is 14.8 Å². The number of hydrogen-bond acceptors (Lipinski definition) is 4. The van der Waals surface area contributed by atoms with Crippen molar-refractivity contribution < 1.29 is 9.53 Å². The van der Waals surface area contributed by atoms with Crippen LogP contribution in [0.5, 0.6) is 5.75 Å². The lowest BCUT2D eigenvalue weighted by molar-refractivity contribution is -0.123. The van der Waals surface area contributed by atoms with Gasteiger partial charge in [0.1, 0.15) is 12.3 Å². The molecule has 4 rings (SSSR count). The monoisotopic (exact) mass is 495 g/mol. The number of carbonyl (C=O) groups is 1. The molecule has 1 aromatic heterocycles. The molecule has 1 aliphatic heterocycles. The van der Waals surface area contributed by atoms with Gasteiger partial charge in [-0.1, -0.05) is 29.8 Å². The van der Waals surface area contributed by atoms with E-state index < -0.39 is 5.54 Å². The van der Waals surface area contributed by atoms with Gasteiger partial charge in [-0.05, 0) is 94.4 Å². The molecule has 0 saturated carbocycles. The number of ether oxygens (including phenoxy) is 1. The minimum atomic E-state index is -0.399. The molecule has 0 radical (unpaired) electrons. The zero-order valence-electron chi connectivity index (χ0n) is 20.8. The van der Waals surface area contributed by atoms with Crippen LogP contribution in [0.2, 0.25) is 5.02 Å². The summed E-state index contributed by atoms with van der Waals surface area (Å²) in [6.07, 6.45) is 3.51. The topological polar surface area (TPSA) is 63.6 Å². The molecule has 7 heteroatoms. The summed E-state index contributed by atoms with van der Waals surface area (Å²) in [6, 6.07) is 14.8. The summed E-state index contributed by atoms with van der Waals surface area (Å²) in [4.78, 5) is 28.9. The van der Waals surface area contributed by atoms with Crippen LogP contribution in [0.25, 0.3) is 22.0 Å². The summed E-state index contributed by atoms with van der Waals surface area (Å²) in [5.74, 6) is 0.439. The molecule has 6 nitrogen and oxygen atoms in total. The van der Waals surface area contributed by atoms with E-state index in [1.54, 1.807) is 18.2 Å². The van der Waals surface area contributed by atoms with E-state index in [9.17, 15) is 9.59 Å². The molecular weight excluding hydrogens is 462 g/mol. The number of likely N-dealkylation sites (tertiary alicyclic amines) is 1. The molecule has 0 unspecified atom stereocenters. The third-order valence-electron chi connectivity index (χ3n) is 6.11. The van der Waals surface area contributed by atoms with Crippen molar-refractivity contribution in [3.8, 4) is 17.0 Å². The highest BCUT2D eigenvalue weighted by molar-refractivity contribution is 6.30. The van der Waals surface area contributed by atoms with Gasteiger partial charge in [-0.2, -0.15) is 0 Å². The SMILES string of the molecule is CC(C)(C)NC(=O)Cn1c(-c2cccc(Cl)c2)cc2ccc(OCCCN3CCCC3)cc2c1=O. The number of pyridine rings is 1. The fraction of sp³-hybridized carbons (Fsp3) is 0.429. The van der Waals surface area contributed by atoms with Crippen molar-refractivity contribution in [3.05, 3.63) is 63.9 Å². The highest BCUT2D eigenvalue weighted by Gasteiger charge is 2.18. The standard InChI is InChI=1S/C28H34ClN3O3/c1-28(2,3)30-26(33)19-32-25(21-8-6-9-22(29)16-21)17-20-10-11-23(18-24(20)27(32)34)35-15-7-14-31-12-4-5-13-31/h6,8-11,16-18H,4-5,7,12-15,19H2,1-3H3,(H,30,33). The van der Waals surface area contributed by atoms with Crippen LogP contribution < -0.4 is 15.6 Å². The quantitative estimate of drug-likeness (QED) is 0.441. The molecule has 0 aliphatic carbocycles. The van der Waals surface area contributed by atoms with E-state index in [1.165, 1.54) is 30.5 Å². The summed E-state index contributed by atoms with van der Waals surface area (Å²) in [5, 5.41) is 4.83. The maximum absolute atomic E-state index is 13.7. The smallest absolute Gasteiger partial charge is 0.259 e. The maximum atomic E-state index is 13.7. The van der Waals surface area contributed by atoms with Gasteiger partial charge >= 0.3 is 0 Å².